The maximum Gasteiger partial charge on any atom is 0.119 e. The van der Waals surface area contributed by atoms with Crippen LogP contribution < -0.4 is 10.1 Å². The van der Waals surface area contributed by atoms with E-state index < -0.39 is 0 Å². The Labute approximate surface area is 118 Å². The lowest BCUT2D eigenvalue weighted by atomic mass is 9.93. The van der Waals surface area contributed by atoms with Crippen molar-refractivity contribution in [1.82, 2.24) is 5.32 Å². The van der Waals surface area contributed by atoms with Crippen molar-refractivity contribution in [1.29, 1.82) is 0 Å². The van der Waals surface area contributed by atoms with E-state index in [1.807, 2.05) is 6.07 Å². The Kier molecular flexibility index (Phi) is 7.57. The largest absolute Gasteiger partial charge is 0.497 e. The van der Waals surface area contributed by atoms with Crippen LogP contribution in [-0.4, -0.2) is 13.7 Å². The number of ether oxygens (including phenoxy) is 1. The lowest BCUT2D eigenvalue weighted by molar-refractivity contribution is 0.385. The summed E-state index contributed by atoms with van der Waals surface area (Å²) in [4.78, 5) is 0. The lowest BCUT2D eigenvalue weighted by Crippen LogP contribution is -2.24. The lowest BCUT2D eigenvalue weighted by Gasteiger charge is -2.23. The van der Waals surface area contributed by atoms with Gasteiger partial charge in [-0.15, -0.1) is 0 Å². The summed E-state index contributed by atoms with van der Waals surface area (Å²) in [5.41, 5.74) is 1.34. The highest BCUT2D eigenvalue weighted by atomic mass is 16.5. The van der Waals surface area contributed by atoms with Crippen LogP contribution in [-0.2, 0) is 0 Å². The first-order chi connectivity index (χ1) is 9.21. The van der Waals surface area contributed by atoms with Crippen LogP contribution in [0.3, 0.4) is 0 Å². The summed E-state index contributed by atoms with van der Waals surface area (Å²) < 4.78 is 5.33. The number of hydrogen-bond acceptors (Lipinski definition) is 2. The first kappa shape index (κ1) is 16.0. The van der Waals surface area contributed by atoms with Crippen molar-refractivity contribution in [3.05, 3.63) is 29.8 Å². The molecule has 0 aliphatic rings. The molecule has 1 N–H and O–H groups in total. The first-order valence-corrected chi connectivity index (χ1v) is 7.58. The summed E-state index contributed by atoms with van der Waals surface area (Å²) in [6, 6.07) is 8.90. The summed E-state index contributed by atoms with van der Waals surface area (Å²) in [6.45, 7) is 7.90. The fraction of sp³-hybridized carbons (Fsp3) is 0.647. The van der Waals surface area contributed by atoms with Gasteiger partial charge in [-0.25, -0.2) is 0 Å². The summed E-state index contributed by atoms with van der Waals surface area (Å²) in [5.74, 6) is 1.70. The molecule has 0 aliphatic carbocycles. The minimum atomic E-state index is 0.441. The van der Waals surface area contributed by atoms with Crippen LogP contribution >= 0.6 is 0 Å². The van der Waals surface area contributed by atoms with Crippen LogP contribution in [0.15, 0.2) is 24.3 Å². The van der Waals surface area contributed by atoms with Crippen LogP contribution in [0.1, 0.15) is 58.1 Å². The van der Waals surface area contributed by atoms with E-state index in [0.29, 0.717) is 6.04 Å². The Bertz CT molecular complexity index is 351. The average molecular weight is 263 g/mol. The first-order valence-electron chi connectivity index (χ1n) is 7.58. The van der Waals surface area contributed by atoms with E-state index in [1.165, 1.54) is 31.2 Å². The summed E-state index contributed by atoms with van der Waals surface area (Å²) >= 11 is 0. The molecule has 108 valence electrons. The van der Waals surface area contributed by atoms with Crippen molar-refractivity contribution in [3.63, 3.8) is 0 Å². The number of hydrogen-bond donors (Lipinski definition) is 1. The van der Waals surface area contributed by atoms with Gasteiger partial charge in [0.1, 0.15) is 5.75 Å². The Morgan fingerprint density at radius 2 is 2.00 bits per heavy atom. The maximum atomic E-state index is 5.33. The smallest absolute Gasteiger partial charge is 0.119 e. The second-order valence-electron chi connectivity index (χ2n) is 5.41. The molecule has 0 bridgehead atoms. The van der Waals surface area contributed by atoms with Crippen molar-refractivity contribution >= 4 is 0 Å². The normalized spacial score (nSPS) is 14.1. The number of methoxy groups -OCH3 is 1. The molecular formula is C17H29NO. The average Bonchev–Trinajstić information content (AvgIpc) is 2.43. The highest BCUT2D eigenvalue weighted by molar-refractivity contribution is 5.30. The summed E-state index contributed by atoms with van der Waals surface area (Å²) in [5, 5.41) is 3.67. The fourth-order valence-electron chi connectivity index (χ4n) is 2.53. The zero-order valence-electron chi connectivity index (χ0n) is 12.9. The van der Waals surface area contributed by atoms with E-state index in [-0.39, 0.29) is 0 Å². The van der Waals surface area contributed by atoms with Crippen molar-refractivity contribution in [2.45, 2.75) is 52.5 Å². The standard InChI is InChI=1S/C17H29NO/c1-5-8-14(3)12-17(18-11-6-2)15-9-7-10-16(13-15)19-4/h7,9-10,13-14,17-18H,5-6,8,11-12H2,1-4H3. The van der Waals surface area contributed by atoms with Gasteiger partial charge in [-0.3, -0.25) is 0 Å². The second-order valence-corrected chi connectivity index (χ2v) is 5.41. The molecule has 2 atom stereocenters. The van der Waals surface area contributed by atoms with Gasteiger partial charge in [0.2, 0.25) is 0 Å². The molecular weight excluding hydrogens is 234 g/mol. The maximum absolute atomic E-state index is 5.33. The van der Waals surface area contributed by atoms with Gasteiger partial charge in [-0.1, -0.05) is 45.7 Å². The Morgan fingerprint density at radius 3 is 2.63 bits per heavy atom. The van der Waals surface area contributed by atoms with E-state index in [9.17, 15) is 0 Å². The van der Waals surface area contributed by atoms with Gasteiger partial charge in [0.05, 0.1) is 7.11 Å². The molecule has 0 heterocycles. The third-order valence-corrected chi connectivity index (χ3v) is 3.56. The third-order valence-electron chi connectivity index (χ3n) is 3.56. The van der Waals surface area contributed by atoms with Gasteiger partial charge < -0.3 is 10.1 Å². The van der Waals surface area contributed by atoms with E-state index in [1.54, 1.807) is 7.11 Å². The van der Waals surface area contributed by atoms with Gasteiger partial charge in [0, 0.05) is 6.04 Å². The molecule has 0 aliphatic heterocycles. The number of nitrogens with one attached hydrogen (secondary N) is 1. The predicted molar refractivity (Wildman–Crippen MR) is 82.7 cm³/mol. The Balaban J connectivity index is 2.76. The van der Waals surface area contributed by atoms with Crippen LogP contribution in [0.4, 0.5) is 0 Å². The quantitative estimate of drug-likeness (QED) is 0.705. The van der Waals surface area contributed by atoms with Gasteiger partial charge in [-0.2, -0.15) is 0 Å². The van der Waals surface area contributed by atoms with Crippen LogP contribution in [0.25, 0.3) is 0 Å². The molecule has 0 saturated heterocycles. The second kappa shape index (κ2) is 8.98. The van der Waals surface area contributed by atoms with E-state index in [4.69, 9.17) is 4.74 Å². The molecule has 0 fully saturated rings. The molecule has 0 aromatic heterocycles. The minimum absolute atomic E-state index is 0.441. The molecule has 2 heteroatoms. The van der Waals surface area contributed by atoms with Gasteiger partial charge in [0.25, 0.3) is 0 Å². The zero-order valence-corrected chi connectivity index (χ0v) is 12.9. The summed E-state index contributed by atoms with van der Waals surface area (Å²) in [6.07, 6.45) is 4.93. The van der Waals surface area contributed by atoms with E-state index in [0.717, 1.165) is 18.2 Å². The van der Waals surface area contributed by atoms with Crippen molar-refractivity contribution in [2.75, 3.05) is 13.7 Å². The fourth-order valence-corrected chi connectivity index (χ4v) is 2.53. The van der Waals surface area contributed by atoms with Crippen LogP contribution in [0, 0.1) is 5.92 Å². The molecule has 1 aromatic rings. The molecule has 0 spiro atoms. The highest BCUT2D eigenvalue weighted by Crippen LogP contribution is 2.26. The molecule has 1 aromatic carbocycles. The molecule has 1 rings (SSSR count). The molecule has 0 radical (unpaired) electrons. The molecule has 19 heavy (non-hydrogen) atoms. The van der Waals surface area contributed by atoms with Crippen molar-refractivity contribution in [2.24, 2.45) is 5.92 Å². The number of rotatable bonds is 9. The molecule has 2 nitrogen and oxygen atoms in total. The summed E-state index contributed by atoms with van der Waals surface area (Å²) in [7, 11) is 1.73. The van der Waals surface area contributed by atoms with Gasteiger partial charge in [0.15, 0.2) is 0 Å². The van der Waals surface area contributed by atoms with Gasteiger partial charge >= 0.3 is 0 Å². The molecule has 2 unspecified atom stereocenters. The third kappa shape index (κ3) is 5.65. The van der Waals surface area contributed by atoms with Crippen LogP contribution in [0.2, 0.25) is 0 Å². The highest BCUT2D eigenvalue weighted by Gasteiger charge is 2.14. The Morgan fingerprint density at radius 1 is 1.21 bits per heavy atom. The van der Waals surface area contributed by atoms with Crippen molar-refractivity contribution in [3.8, 4) is 5.75 Å². The van der Waals surface area contributed by atoms with Crippen molar-refractivity contribution < 1.29 is 4.74 Å². The minimum Gasteiger partial charge on any atom is -0.497 e. The SMILES string of the molecule is CCCNC(CC(C)CCC)c1cccc(OC)c1. The Hall–Kier alpha value is -1.02. The predicted octanol–water partition coefficient (Wildman–Crippen LogP) is 4.56. The van der Waals surface area contributed by atoms with Gasteiger partial charge in [-0.05, 0) is 43.0 Å². The molecule has 0 saturated carbocycles. The van der Waals surface area contributed by atoms with E-state index >= 15 is 0 Å². The number of benzene rings is 1. The molecule has 0 amide bonds. The zero-order chi connectivity index (χ0) is 14.1. The topological polar surface area (TPSA) is 21.3 Å². The monoisotopic (exact) mass is 263 g/mol. The van der Waals surface area contributed by atoms with E-state index in [2.05, 4.69) is 44.3 Å². The van der Waals surface area contributed by atoms with Crippen LogP contribution in [0.5, 0.6) is 5.75 Å².